The molecule has 0 spiro atoms. The summed E-state index contributed by atoms with van der Waals surface area (Å²) in [5.74, 6) is 1.33. The highest BCUT2D eigenvalue weighted by Gasteiger charge is 2.15. The summed E-state index contributed by atoms with van der Waals surface area (Å²) in [6.07, 6.45) is 1.23. The van der Waals surface area contributed by atoms with Crippen molar-refractivity contribution in [1.29, 1.82) is 5.26 Å². The molecule has 0 aliphatic carbocycles. The summed E-state index contributed by atoms with van der Waals surface area (Å²) in [5.41, 5.74) is 1.20. The average molecular weight is 351 g/mol. The summed E-state index contributed by atoms with van der Waals surface area (Å²) in [5, 5.41) is 9.87. The van der Waals surface area contributed by atoms with E-state index in [0.29, 0.717) is 39.7 Å². The van der Waals surface area contributed by atoms with Crippen LogP contribution in [0.1, 0.15) is 12.8 Å². The van der Waals surface area contributed by atoms with Crippen molar-refractivity contribution in [3.05, 3.63) is 58.9 Å². The molecule has 1 aromatic heterocycles. The monoisotopic (exact) mass is 351 g/mol. The van der Waals surface area contributed by atoms with E-state index in [2.05, 4.69) is 11.1 Å². The lowest BCUT2D eigenvalue weighted by Crippen LogP contribution is -2.22. The summed E-state index contributed by atoms with van der Waals surface area (Å²) in [4.78, 5) is 17.8. The van der Waals surface area contributed by atoms with Gasteiger partial charge in [-0.3, -0.25) is 9.36 Å². The lowest BCUT2D eigenvalue weighted by atomic mass is 10.2. The van der Waals surface area contributed by atoms with Crippen molar-refractivity contribution in [2.45, 2.75) is 18.0 Å². The first-order valence-electron chi connectivity index (χ1n) is 7.91. The fourth-order valence-electron chi connectivity index (χ4n) is 2.55. The number of ether oxygens (including phenoxy) is 1. The van der Waals surface area contributed by atoms with Gasteiger partial charge in [0.25, 0.3) is 5.56 Å². The summed E-state index contributed by atoms with van der Waals surface area (Å²) in [7, 11) is 1.58. The average Bonchev–Trinajstić information content (AvgIpc) is 2.65. The molecular weight excluding hydrogens is 334 g/mol. The highest BCUT2D eigenvalue weighted by molar-refractivity contribution is 7.99. The van der Waals surface area contributed by atoms with Gasteiger partial charge in [0.2, 0.25) is 0 Å². The van der Waals surface area contributed by atoms with E-state index >= 15 is 0 Å². The van der Waals surface area contributed by atoms with Gasteiger partial charge in [0.1, 0.15) is 5.75 Å². The summed E-state index contributed by atoms with van der Waals surface area (Å²) in [6, 6.07) is 16.8. The number of para-hydroxylation sites is 3. The van der Waals surface area contributed by atoms with Gasteiger partial charge in [-0.05, 0) is 30.7 Å². The first kappa shape index (κ1) is 17.1. The van der Waals surface area contributed by atoms with E-state index in [4.69, 9.17) is 10.00 Å². The molecule has 0 radical (unpaired) electrons. The van der Waals surface area contributed by atoms with E-state index in [1.807, 2.05) is 42.5 Å². The lowest BCUT2D eigenvalue weighted by Gasteiger charge is -2.15. The van der Waals surface area contributed by atoms with E-state index in [9.17, 15) is 4.79 Å². The Morgan fingerprint density at radius 2 is 1.96 bits per heavy atom. The van der Waals surface area contributed by atoms with E-state index in [0.717, 1.165) is 6.42 Å². The zero-order chi connectivity index (χ0) is 17.6. The van der Waals surface area contributed by atoms with E-state index in [1.54, 1.807) is 17.7 Å². The Kier molecular flexibility index (Phi) is 5.36. The van der Waals surface area contributed by atoms with Gasteiger partial charge in [-0.15, -0.1) is 0 Å². The molecule has 0 amide bonds. The smallest absolute Gasteiger partial charge is 0.266 e. The topological polar surface area (TPSA) is 67.9 Å². The number of unbranched alkanes of at least 4 members (excludes halogenated alkanes) is 1. The second-order valence-electron chi connectivity index (χ2n) is 5.33. The number of methoxy groups -OCH3 is 1. The van der Waals surface area contributed by atoms with Gasteiger partial charge in [0, 0.05) is 12.2 Å². The minimum absolute atomic E-state index is 0.127. The van der Waals surface area contributed by atoms with Crippen LogP contribution in [-0.4, -0.2) is 22.4 Å². The number of hydrogen-bond donors (Lipinski definition) is 0. The Morgan fingerprint density at radius 3 is 2.76 bits per heavy atom. The number of hydrogen-bond acceptors (Lipinski definition) is 5. The fourth-order valence-corrected chi connectivity index (χ4v) is 3.50. The number of nitriles is 1. The summed E-state index contributed by atoms with van der Waals surface area (Å²) in [6.45, 7) is 0. The van der Waals surface area contributed by atoms with Crippen molar-refractivity contribution in [2.75, 3.05) is 12.9 Å². The number of benzene rings is 2. The van der Waals surface area contributed by atoms with Crippen LogP contribution >= 0.6 is 11.8 Å². The fraction of sp³-hybridized carbons (Fsp3) is 0.211. The maximum absolute atomic E-state index is 13.1. The molecule has 25 heavy (non-hydrogen) atoms. The number of nitrogens with zero attached hydrogens (tertiary/aromatic N) is 3. The number of thioether (sulfide) groups is 1. The molecule has 0 saturated carbocycles. The molecule has 0 N–H and O–H groups in total. The third kappa shape index (κ3) is 3.52. The SMILES string of the molecule is COc1ccccc1-n1c(SCCCC#N)nc2ccccc2c1=O. The van der Waals surface area contributed by atoms with Crippen LogP contribution in [0.2, 0.25) is 0 Å². The van der Waals surface area contributed by atoms with Gasteiger partial charge in [0.15, 0.2) is 5.16 Å². The van der Waals surface area contributed by atoms with E-state index < -0.39 is 0 Å². The molecule has 0 aliphatic heterocycles. The predicted molar refractivity (Wildman–Crippen MR) is 99.5 cm³/mol. The number of rotatable bonds is 6. The standard InChI is InChI=1S/C19H17N3O2S/c1-24-17-11-5-4-10-16(17)22-18(23)14-8-2-3-9-15(14)21-19(22)25-13-7-6-12-20/h2-5,8-11H,6-7,13H2,1H3. The van der Waals surface area contributed by atoms with Gasteiger partial charge in [-0.1, -0.05) is 36.0 Å². The van der Waals surface area contributed by atoms with Gasteiger partial charge >= 0.3 is 0 Å². The molecule has 6 heteroatoms. The normalized spacial score (nSPS) is 10.6. The molecular formula is C19H17N3O2S. The largest absolute Gasteiger partial charge is 0.495 e. The highest BCUT2D eigenvalue weighted by atomic mass is 32.2. The Hall–Kier alpha value is -2.78. The Balaban J connectivity index is 2.18. The minimum Gasteiger partial charge on any atom is -0.495 e. The summed E-state index contributed by atoms with van der Waals surface area (Å²) >= 11 is 1.48. The van der Waals surface area contributed by atoms with Crippen LogP contribution in [0.5, 0.6) is 5.75 Å². The van der Waals surface area contributed by atoms with Gasteiger partial charge < -0.3 is 4.74 Å². The Bertz CT molecular complexity index is 992. The molecule has 5 nitrogen and oxygen atoms in total. The van der Waals surface area contributed by atoms with Crippen LogP contribution in [0.3, 0.4) is 0 Å². The van der Waals surface area contributed by atoms with Crippen molar-refractivity contribution in [1.82, 2.24) is 9.55 Å². The molecule has 3 rings (SSSR count). The van der Waals surface area contributed by atoms with Crippen molar-refractivity contribution < 1.29 is 4.74 Å². The first-order chi connectivity index (χ1) is 12.3. The van der Waals surface area contributed by atoms with Gasteiger partial charge in [-0.25, -0.2) is 4.98 Å². The quantitative estimate of drug-likeness (QED) is 0.384. The summed E-state index contributed by atoms with van der Waals surface area (Å²) < 4.78 is 7.02. The molecule has 126 valence electrons. The molecule has 0 fully saturated rings. The van der Waals surface area contributed by atoms with E-state index in [-0.39, 0.29) is 5.56 Å². The maximum Gasteiger partial charge on any atom is 0.266 e. The number of aromatic nitrogens is 2. The van der Waals surface area contributed by atoms with Crippen LogP contribution in [0.4, 0.5) is 0 Å². The molecule has 0 bridgehead atoms. The van der Waals surface area contributed by atoms with Crippen LogP contribution in [0.25, 0.3) is 16.6 Å². The molecule has 0 atom stereocenters. The molecule has 1 heterocycles. The van der Waals surface area contributed by atoms with Crippen LogP contribution in [0.15, 0.2) is 58.5 Å². The van der Waals surface area contributed by atoms with Crippen molar-refractivity contribution in [2.24, 2.45) is 0 Å². The van der Waals surface area contributed by atoms with E-state index in [1.165, 1.54) is 11.8 Å². The van der Waals surface area contributed by atoms with Crippen LogP contribution < -0.4 is 10.3 Å². The second kappa shape index (κ2) is 7.86. The Labute approximate surface area is 149 Å². The van der Waals surface area contributed by atoms with Crippen molar-refractivity contribution in [3.8, 4) is 17.5 Å². The maximum atomic E-state index is 13.1. The van der Waals surface area contributed by atoms with Gasteiger partial charge in [0.05, 0.1) is 29.8 Å². The van der Waals surface area contributed by atoms with Crippen LogP contribution in [0, 0.1) is 11.3 Å². The lowest BCUT2D eigenvalue weighted by molar-refractivity contribution is 0.411. The third-order valence-corrected chi connectivity index (χ3v) is 4.76. The molecule has 0 aliphatic rings. The predicted octanol–water partition coefficient (Wildman–Crippen LogP) is 3.79. The molecule has 0 saturated heterocycles. The highest BCUT2D eigenvalue weighted by Crippen LogP contribution is 2.27. The molecule has 3 aromatic rings. The van der Waals surface area contributed by atoms with Crippen LogP contribution in [-0.2, 0) is 0 Å². The van der Waals surface area contributed by atoms with Crippen molar-refractivity contribution >= 4 is 22.7 Å². The Morgan fingerprint density at radius 1 is 1.20 bits per heavy atom. The van der Waals surface area contributed by atoms with Gasteiger partial charge in [-0.2, -0.15) is 5.26 Å². The zero-order valence-electron chi connectivity index (χ0n) is 13.8. The zero-order valence-corrected chi connectivity index (χ0v) is 14.6. The molecule has 2 aromatic carbocycles. The second-order valence-corrected chi connectivity index (χ2v) is 6.40. The number of fused-ring (bicyclic) bond motifs is 1. The third-order valence-electron chi connectivity index (χ3n) is 3.74. The first-order valence-corrected chi connectivity index (χ1v) is 8.89. The molecule has 0 unspecified atom stereocenters. The minimum atomic E-state index is -0.127. The van der Waals surface area contributed by atoms with Crippen molar-refractivity contribution in [3.63, 3.8) is 0 Å².